The number of carbonyl (C=O) groups is 1. The molecule has 2 N–H and O–H groups in total. The van der Waals surface area contributed by atoms with Gasteiger partial charge in [0.15, 0.2) is 0 Å². The van der Waals surface area contributed by atoms with Crippen LogP contribution >= 0.6 is 11.6 Å². The number of hydrogen-bond acceptors (Lipinski definition) is 4. The van der Waals surface area contributed by atoms with Crippen molar-refractivity contribution < 1.29 is 14.3 Å². The van der Waals surface area contributed by atoms with Crippen molar-refractivity contribution in [2.24, 2.45) is 0 Å². The zero-order chi connectivity index (χ0) is 21.8. The highest BCUT2D eigenvalue weighted by molar-refractivity contribution is 6.33. The Kier molecular flexibility index (Phi) is 4.62. The highest BCUT2D eigenvalue weighted by Crippen LogP contribution is 2.46. The molecule has 0 radical (unpaired) electrons. The number of benzene rings is 2. The van der Waals surface area contributed by atoms with E-state index in [-0.39, 0.29) is 33.5 Å². The average Bonchev–Trinajstić information content (AvgIpc) is 3.46. The lowest BCUT2D eigenvalue weighted by molar-refractivity contribution is 0.0928. The molecule has 1 aliphatic carbocycles. The molecule has 9 heteroatoms. The molecule has 0 unspecified atom stereocenters. The first kappa shape index (κ1) is 19.8. The van der Waals surface area contributed by atoms with E-state index < -0.39 is 11.4 Å². The Morgan fingerprint density at radius 3 is 2.61 bits per heavy atom. The van der Waals surface area contributed by atoms with Crippen LogP contribution in [-0.4, -0.2) is 25.4 Å². The number of fused-ring (bicyclic) bond motifs is 1. The first-order valence-electron chi connectivity index (χ1n) is 10.2. The van der Waals surface area contributed by atoms with Crippen molar-refractivity contribution in [2.75, 3.05) is 0 Å². The number of aromatic hydroxyl groups is 1. The molecule has 1 amide bonds. The fourth-order valence-corrected chi connectivity index (χ4v) is 4.36. The average molecular weight is 443 g/mol. The molecule has 0 spiro atoms. The molecule has 1 aliphatic heterocycles. The molecule has 1 aromatic heterocycles. The second kappa shape index (κ2) is 7.23. The molecule has 1 saturated carbocycles. The predicted molar refractivity (Wildman–Crippen MR) is 112 cm³/mol. The standard InChI is InChI=1S/C22H20ClFN4O3/c23-16-11-15(20(30)25-22(8-9-22)13-4-6-14(24)7-5-13)18(29)12-17(16)28-21(31)27-10-2-1-3-19(27)26-28/h4-7,11-12,29H,1-3,8-10H2,(H,25,30). The van der Waals surface area contributed by atoms with Crippen LogP contribution in [-0.2, 0) is 18.5 Å². The monoisotopic (exact) mass is 442 g/mol. The van der Waals surface area contributed by atoms with Gasteiger partial charge in [0.1, 0.15) is 17.4 Å². The van der Waals surface area contributed by atoms with Crippen LogP contribution in [0.2, 0.25) is 5.02 Å². The van der Waals surface area contributed by atoms with Gasteiger partial charge in [-0.15, -0.1) is 5.10 Å². The first-order valence-corrected chi connectivity index (χ1v) is 10.6. The van der Waals surface area contributed by atoms with Crippen molar-refractivity contribution in [3.8, 4) is 11.4 Å². The molecule has 0 bridgehead atoms. The van der Waals surface area contributed by atoms with Gasteiger partial charge in [-0.05, 0) is 49.4 Å². The van der Waals surface area contributed by atoms with E-state index in [1.807, 2.05) is 0 Å². The maximum absolute atomic E-state index is 13.2. The van der Waals surface area contributed by atoms with Crippen LogP contribution in [0.15, 0.2) is 41.2 Å². The number of hydrogen-bond donors (Lipinski definition) is 2. The molecule has 2 heterocycles. The molecule has 5 rings (SSSR count). The zero-order valence-electron chi connectivity index (χ0n) is 16.6. The number of nitrogens with zero attached hydrogens (tertiary/aromatic N) is 3. The normalized spacial score (nSPS) is 16.6. The van der Waals surface area contributed by atoms with E-state index in [0.717, 1.165) is 18.4 Å². The summed E-state index contributed by atoms with van der Waals surface area (Å²) in [5.41, 5.74) is 0.130. The smallest absolute Gasteiger partial charge is 0.350 e. The van der Waals surface area contributed by atoms with Gasteiger partial charge in [0.25, 0.3) is 5.91 Å². The van der Waals surface area contributed by atoms with Crippen LogP contribution in [0, 0.1) is 5.82 Å². The van der Waals surface area contributed by atoms with E-state index in [1.54, 1.807) is 16.7 Å². The lowest BCUT2D eigenvalue weighted by Gasteiger charge is -2.19. The van der Waals surface area contributed by atoms with Crippen molar-refractivity contribution in [2.45, 2.75) is 44.2 Å². The Bertz CT molecular complexity index is 1240. The third-order valence-electron chi connectivity index (χ3n) is 6.01. The third kappa shape index (κ3) is 3.40. The van der Waals surface area contributed by atoms with Gasteiger partial charge in [0, 0.05) is 19.0 Å². The number of halogens is 2. The summed E-state index contributed by atoms with van der Waals surface area (Å²) in [5, 5.41) is 18.0. The number of amides is 1. The topological polar surface area (TPSA) is 89.2 Å². The third-order valence-corrected chi connectivity index (χ3v) is 6.31. The fraction of sp³-hybridized carbons (Fsp3) is 0.318. The number of nitrogens with one attached hydrogen (secondary N) is 1. The number of aromatic nitrogens is 3. The number of rotatable bonds is 4. The molecule has 7 nitrogen and oxygen atoms in total. The molecule has 2 aromatic carbocycles. The van der Waals surface area contributed by atoms with Crippen molar-refractivity contribution in [3.63, 3.8) is 0 Å². The second-order valence-corrected chi connectivity index (χ2v) is 8.49. The molecule has 2 aliphatic rings. The molecule has 0 saturated heterocycles. The number of aryl methyl sites for hydroxylation is 1. The van der Waals surface area contributed by atoms with E-state index in [0.29, 0.717) is 31.6 Å². The first-order chi connectivity index (χ1) is 14.9. The Labute approximate surface area is 182 Å². The summed E-state index contributed by atoms with van der Waals surface area (Å²) in [6, 6.07) is 8.62. The van der Waals surface area contributed by atoms with Gasteiger partial charge < -0.3 is 10.4 Å². The zero-order valence-corrected chi connectivity index (χ0v) is 17.3. The summed E-state index contributed by atoms with van der Waals surface area (Å²) in [7, 11) is 0. The molecule has 1 fully saturated rings. The molecule has 160 valence electrons. The van der Waals surface area contributed by atoms with Gasteiger partial charge in [-0.1, -0.05) is 23.7 Å². The van der Waals surface area contributed by atoms with Crippen molar-refractivity contribution >= 4 is 17.5 Å². The minimum absolute atomic E-state index is 0.000779. The Morgan fingerprint density at radius 2 is 1.94 bits per heavy atom. The molecular formula is C22H20ClFN4O3. The van der Waals surface area contributed by atoms with E-state index >= 15 is 0 Å². The van der Waals surface area contributed by atoms with E-state index in [2.05, 4.69) is 10.4 Å². The summed E-state index contributed by atoms with van der Waals surface area (Å²) in [6.45, 7) is 0.601. The van der Waals surface area contributed by atoms with Crippen molar-refractivity contribution in [1.82, 2.24) is 19.7 Å². The van der Waals surface area contributed by atoms with Gasteiger partial charge in [0.05, 0.1) is 21.8 Å². The van der Waals surface area contributed by atoms with Gasteiger partial charge >= 0.3 is 5.69 Å². The van der Waals surface area contributed by atoms with Crippen LogP contribution in [0.25, 0.3) is 5.69 Å². The minimum atomic E-state index is -0.581. The Morgan fingerprint density at radius 1 is 1.19 bits per heavy atom. The summed E-state index contributed by atoms with van der Waals surface area (Å²) >= 11 is 6.40. The Balaban J connectivity index is 1.45. The number of phenols is 1. The lowest BCUT2D eigenvalue weighted by Crippen LogP contribution is -2.35. The van der Waals surface area contributed by atoms with E-state index in [9.17, 15) is 19.1 Å². The lowest BCUT2D eigenvalue weighted by atomic mass is 10.0. The van der Waals surface area contributed by atoms with Gasteiger partial charge in [-0.2, -0.15) is 4.68 Å². The van der Waals surface area contributed by atoms with Gasteiger partial charge in [-0.25, -0.2) is 9.18 Å². The number of carbonyl (C=O) groups excluding carboxylic acids is 1. The largest absolute Gasteiger partial charge is 0.507 e. The highest BCUT2D eigenvalue weighted by Gasteiger charge is 2.46. The van der Waals surface area contributed by atoms with Crippen LogP contribution in [0.4, 0.5) is 4.39 Å². The maximum atomic E-state index is 13.2. The molecule has 3 aromatic rings. The summed E-state index contributed by atoms with van der Waals surface area (Å²) in [4.78, 5) is 25.6. The van der Waals surface area contributed by atoms with E-state index in [4.69, 9.17) is 11.6 Å². The maximum Gasteiger partial charge on any atom is 0.350 e. The highest BCUT2D eigenvalue weighted by atomic mass is 35.5. The second-order valence-electron chi connectivity index (χ2n) is 8.08. The summed E-state index contributed by atoms with van der Waals surface area (Å²) in [5.74, 6) is -0.459. The van der Waals surface area contributed by atoms with Crippen molar-refractivity contribution in [3.05, 3.63) is 74.7 Å². The quantitative estimate of drug-likeness (QED) is 0.649. The number of phenolic OH excluding ortho intramolecular Hbond substituents is 1. The molecule has 31 heavy (non-hydrogen) atoms. The van der Waals surface area contributed by atoms with Crippen LogP contribution in [0.3, 0.4) is 0 Å². The fourth-order valence-electron chi connectivity index (χ4n) is 4.12. The summed E-state index contributed by atoms with van der Waals surface area (Å²) < 4.78 is 16.0. The molecular weight excluding hydrogens is 423 g/mol. The SMILES string of the molecule is O=C(NC1(c2ccc(F)cc2)CC1)c1cc(Cl)c(-n2nc3n(c2=O)CCCC3)cc1O. The van der Waals surface area contributed by atoms with Crippen LogP contribution in [0.1, 0.15) is 47.4 Å². The Hall–Kier alpha value is -3.13. The van der Waals surface area contributed by atoms with Crippen LogP contribution < -0.4 is 11.0 Å². The summed E-state index contributed by atoms with van der Waals surface area (Å²) in [6.07, 6.45) is 4.01. The minimum Gasteiger partial charge on any atom is -0.507 e. The molecule has 0 atom stereocenters. The van der Waals surface area contributed by atoms with E-state index in [1.165, 1.54) is 28.9 Å². The van der Waals surface area contributed by atoms with Crippen LogP contribution in [0.5, 0.6) is 5.75 Å². The predicted octanol–water partition coefficient (Wildman–Crippen LogP) is 3.29. The van der Waals surface area contributed by atoms with Crippen molar-refractivity contribution in [1.29, 1.82) is 0 Å². The van der Waals surface area contributed by atoms with Gasteiger partial charge in [0.2, 0.25) is 0 Å². The van der Waals surface area contributed by atoms with Gasteiger partial charge in [-0.3, -0.25) is 9.36 Å².